The van der Waals surface area contributed by atoms with Crippen LogP contribution in [0.4, 0.5) is 11.4 Å². The third-order valence-corrected chi connectivity index (χ3v) is 4.49. The molecule has 1 amide bonds. The highest BCUT2D eigenvalue weighted by molar-refractivity contribution is 6.34. The zero-order chi connectivity index (χ0) is 21.0. The van der Waals surface area contributed by atoms with Gasteiger partial charge in [-0.25, -0.2) is 4.79 Å². The summed E-state index contributed by atoms with van der Waals surface area (Å²) < 4.78 is 5.28. The van der Waals surface area contributed by atoms with Crippen molar-refractivity contribution in [2.24, 2.45) is 0 Å². The lowest BCUT2D eigenvalue weighted by Crippen LogP contribution is -2.13. The molecule has 1 N–H and O–H groups in total. The van der Waals surface area contributed by atoms with Crippen molar-refractivity contribution < 1.29 is 19.2 Å². The molecule has 0 saturated carbocycles. The molecule has 0 aromatic heterocycles. The molecule has 0 unspecified atom stereocenters. The van der Waals surface area contributed by atoms with Crippen molar-refractivity contribution in [1.82, 2.24) is 0 Å². The number of nitro groups is 1. The van der Waals surface area contributed by atoms with Crippen LogP contribution >= 0.6 is 11.6 Å². The molecule has 3 aromatic rings. The standard InChI is InChI=1S/C21H15ClN2O5/c1-13-16(6-4-8-19(13)24(27)28)21(26)29-15-11-9-14(10-12-15)23-20(25)17-5-2-3-7-18(17)22/h2-12H,1H3,(H,23,25). The van der Waals surface area contributed by atoms with Gasteiger partial charge < -0.3 is 10.1 Å². The minimum atomic E-state index is -0.709. The largest absolute Gasteiger partial charge is 0.423 e. The minimum Gasteiger partial charge on any atom is -0.423 e. The van der Waals surface area contributed by atoms with Crippen LogP contribution in [0.25, 0.3) is 0 Å². The van der Waals surface area contributed by atoms with Crippen molar-refractivity contribution in [3.63, 3.8) is 0 Å². The fourth-order valence-electron chi connectivity index (χ4n) is 2.65. The van der Waals surface area contributed by atoms with Gasteiger partial charge in [0.25, 0.3) is 11.6 Å². The van der Waals surface area contributed by atoms with E-state index < -0.39 is 10.9 Å². The smallest absolute Gasteiger partial charge is 0.344 e. The summed E-state index contributed by atoms with van der Waals surface area (Å²) in [5, 5.41) is 14.1. The molecule has 0 aliphatic rings. The Bertz CT molecular complexity index is 1100. The molecule has 0 spiro atoms. The molecular formula is C21H15ClN2O5. The van der Waals surface area contributed by atoms with Crippen LogP contribution in [0.5, 0.6) is 5.75 Å². The normalized spacial score (nSPS) is 10.3. The molecule has 146 valence electrons. The van der Waals surface area contributed by atoms with Gasteiger partial charge in [0.05, 0.1) is 21.1 Å². The van der Waals surface area contributed by atoms with Crippen LogP contribution in [0.2, 0.25) is 5.02 Å². The summed E-state index contributed by atoms with van der Waals surface area (Å²) in [6.45, 7) is 1.49. The number of hydrogen-bond donors (Lipinski definition) is 1. The predicted molar refractivity (Wildman–Crippen MR) is 109 cm³/mol. The zero-order valence-corrected chi connectivity index (χ0v) is 16.0. The lowest BCUT2D eigenvalue weighted by atomic mass is 10.1. The van der Waals surface area contributed by atoms with Crippen LogP contribution in [0.3, 0.4) is 0 Å². The Hall–Kier alpha value is -3.71. The number of esters is 1. The van der Waals surface area contributed by atoms with Crippen molar-refractivity contribution in [3.8, 4) is 5.75 Å². The zero-order valence-electron chi connectivity index (χ0n) is 15.2. The maximum Gasteiger partial charge on any atom is 0.344 e. The minimum absolute atomic E-state index is 0.107. The number of rotatable bonds is 5. The Labute approximate surface area is 171 Å². The first-order valence-electron chi connectivity index (χ1n) is 8.49. The van der Waals surface area contributed by atoms with Gasteiger partial charge in [-0.3, -0.25) is 14.9 Å². The van der Waals surface area contributed by atoms with Gasteiger partial charge >= 0.3 is 5.97 Å². The summed E-state index contributed by atoms with van der Waals surface area (Å²) in [7, 11) is 0. The van der Waals surface area contributed by atoms with Gasteiger partial charge in [-0.15, -0.1) is 0 Å². The first-order chi connectivity index (χ1) is 13.9. The van der Waals surface area contributed by atoms with E-state index in [2.05, 4.69) is 5.32 Å². The number of amides is 1. The molecule has 0 aliphatic heterocycles. The Kier molecular flexibility index (Phi) is 5.90. The van der Waals surface area contributed by atoms with Gasteiger partial charge in [-0.2, -0.15) is 0 Å². The highest BCUT2D eigenvalue weighted by Gasteiger charge is 2.19. The van der Waals surface area contributed by atoms with Crippen LogP contribution in [0.15, 0.2) is 66.7 Å². The summed E-state index contributed by atoms with van der Waals surface area (Å²) in [5.41, 5.74) is 1.01. The van der Waals surface area contributed by atoms with Gasteiger partial charge in [-0.1, -0.05) is 29.8 Å². The van der Waals surface area contributed by atoms with Crippen LogP contribution in [0.1, 0.15) is 26.3 Å². The van der Waals surface area contributed by atoms with E-state index in [-0.39, 0.29) is 28.5 Å². The summed E-state index contributed by atoms with van der Waals surface area (Å²) in [6.07, 6.45) is 0. The van der Waals surface area contributed by atoms with E-state index in [0.29, 0.717) is 16.3 Å². The molecule has 0 radical (unpaired) electrons. The quantitative estimate of drug-likeness (QED) is 0.275. The van der Waals surface area contributed by atoms with E-state index in [9.17, 15) is 19.7 Å². The second kappa shape index (κ2) is 8.53. The predicted octanol–water partition coefficient (Wildman–Crippen LogP) is 5.03. The summed E-state index contributed by atoms with van der Waals surface area (Å²) in [5.74, 6) is -0.844. The van der Waals surface area contributed by atoms with Gasteiger partial charge in [-0.05, 0) is 49.4 Å². The number of carbonyl (C=O) groups excluding carboxylic acids is 2. The molecule has 0 atom stereocenters. The third-order valence-electron chi connectivity index (χ3n) is 4.16. The lowest BCUT2D eigenvalue weighted by Gasteiger charge is -2.09. The van der Waals surface area contributed by atoms with Crippen LogP contribution < -0.4 is 10.1 Å². The molecular weight excluding hydrogens is 396 g/mol. The van der Waals surface area contributed by atoms with Gasteiger partial charge in [0, 0.05) is 17.3 Å². The number of carbonyl (C=O) groups is 2. The molecule has 0 aliphatic carbocycles. The fraction of sp³-hybridized carbons (Fsp3) is 0.0476. The summed E-state index contributed by atoms with van der Waals surface area (Å²) >= 11 is 6.01. The molecule has 3 aromatic carbocycles. The molecule has 3 rings (SSSR count). The van der Waals surface area contributed by atoms with Gasteiger partial charge in [0.2, 0.25) is 0 Å². The number of hydrogen-bond acceptors (Lipinski definition) is 5. The molecule has 0 saturated heterocycles. The second-order valence-corrected chi connectivity index (χ2v) is 6.46. The maximum absolute atomic E-state index is 12.4. The summed E-state index contributed by atoms with van der Waals surface area (Å²) in [6, 6.07) is 17.0. The second-order valence-electron chi connectivity index (χ2n) is 6.05. The molecule has 7 nitrogen and oxygen atoms in total. The number of nitro benzene ring substituents is 1. The number of benzene rings is 3. The van der Waals surface area contributed by atoms with Crippen molar-refractivity contribution in [1.29, 1.82) is 0 Å². The Morgan fingerprint density at radius 3 is 2.28 bits per heavy atom. The van der Waals surface area contributed by atoms with E-state index >= 15 is 0 Å². The fourth-order valence-corrected chi connectivity index (χ4v) is 2.88. The Morgan fingerprint density at radius 1 is 0.966 bits per heavy atom. The van der Waals surface area contributed by atoms with Crippen molar-refractivity contribution in [2.75, 3.05) is 5.32 Å². The molecule has 0 fully saturated rings. The van der Waals surface area contributed by atoms with E-state index in [1.807, 2.05) is 0 Å². The average molecular weight is 411 g/mol. The maximum atomic E-state index is 12.4. The highest BCUT2D eigenvalue weighted by atomic mass is 35.5. The van der Waals surface area contributed by atoms with Gasteiger partial charge in [0.1, 0.15) is 5.75 Å². The number of nitrogens with one attached hydrogen (secondary N) is 1. The Balaban J connectivity index is 1.70. The molecule has 8 heteroatoms. The number of ether oxygens (including phenoxy) is 1. The molecule has 0 bridgehead atoms. The van der Waals surface area contributed by atoms with Gasteiger partial charge in [0.15, 0.2) is 0 Å². The van der Waals surface area contributed by atoms with Crippen molar-refractivity contribution in [2.45, 2.75) is 6.92 Å². The first-order valence-corrected chi connectivity index (χ1v) is 8.86. The number of nitrogens with zero attached hydrogens (tertiary/aromatic N) is 1. The van der Waals surface area contributed by atoms with E-state index in [0.717, 1.165) is 0 Å². The first kappa shape index (κ1) is 20.0. The highest BCUT2D eigenvalue weighted by Crippen LogP contribution is 2.24. The molecule has 29 heavy (non-hydrogen) atoms. The topological polar surface area (TPSA) is 98.5 Å². The summed E-state index contributed by atoms with van der Waals surface area (Å²) in [4.78, 5) is 35.1. The number of anilines is 1. The monoisotopic (exact) mass is 410 g/mol. The van der Waals surface area contributed by atoms with Crippen LogP contribution in [-0.2, 0) is 0 Å². The number of halogens is 1. The third kappa shape index (κ3) is 4.59. The SMILES string of the molecule is Cc1c(C(=O)Oc2ccc(NC(=O)c3ccccc3Cl)cc2)cccc1[N+](=O)[O-]. The van der Waals surface area contributed by atoms with Crippen LogP contribution in [0, 0.1) is 17.0 Å². The van der Waals surface area contributed by atoms with Crippen LogP contribution in [-0.4, -0.2) is 16.8 Å². The van der Waals surface area contributed by atoms with E-state index in [1.54, 1.807) is 36.4 Å². The Morgan fingerprint density at radius 2 is 1.62 bits per heavy atom. The van der Waals surface area contributed by atoms with E-state index in [4.69, 9.17) is 16.3 Å². The van der Waals surface area contributed by atoms with E-state index in [1.165, 1.54) is 37.3 Å². The molecule has 0 heterocycles. The lowest BCUT2D eigenvalue weighted by molar-refractivity contribution is -0.385. The van der Waals surface area contributed by atoms with Crippen molar-refractivity contribution in [3.05, 3.63) is 98.6 Å². The average Bonchev–Trinajstić information content (AvgIpc) is 2.69. The van der Waals surface area contributed by atoms with Crippen molar-refractivity contribution >= 4 is 34.9 Å².